The van der Waals surface area contributed by atoms with E-state index in [1.807, 2.05) is 19.2 Å². The summed E-state index contributed by atoms with van der Waals surface area (Å²) >= 11 is 0. The number of carbonyl (C=O) groups excluding carboxylic acids is 1. The van der Waals surface area contributed by atoms with E-state index in [1.54, 1.807) is 28.9 Å². The summed E-state index contributed by atoms with van der Waals surface area (Å²) in [4.78, 5) is 17.1. The maximum absolute atomic E-state index is 13.4. The van der Waals surface area contributed by atoms with Crippen molar-refractivity contribution in [2.75, 3.05) is 13.6 Å². The van der Waals surface area contributed by atoms with Crippen molar-refractivity contribution < 1.29 is 9.18 Å². The van der Waals surface area contributed by atoms with Gasteiger partial charge < -0.3 is 9.88 Å². The number of hydrogen-bond acceptors (Lipinski definition) is 2. The van der Waals surface area contributed by atoms with E-state index in [0.717, 1.165) is 10.9 Å². The zero-order valence-electron chi connectivity index (χ0n) is 12.5. The van der Waals surface area contributed by atoms with Crippen LogP contribution in [0, 0.1) is 12.7 Å². The average molecular weight is 300 g/mol. The highest BCUT2D eigenvalue weighted by Gasteiger charge is 2.15. The van der Waals surface area contributed by atoms with Crippen LogP contribution in [0.2, 0.25) is 0 Å². The summed E-state index contributed by atoms with van der Waals surface area (Å²) in [5, 5.41) is 4.97. The third kappa shape index (κ3) is 2.72. The summed E-state index contributed by atoms with van der Waals surface area (Å²) < 4.78 is 15.2. The van der Waals surface area contributed by atoms with E-state index in [2.05, 4.69) is 10.1 Å². The lowest BCUT2D eigenvalue weighted by atomic mass is 10.1. The lowest BCUT2D eigenvalue weighted by Crippen LogP contribution is -2.30. The lowest BCUT2D eigenvalue weighted by molar-refractivity contribution is 0.0784. The summed E-state index contributed by atoms with van der Waals surface area (Å²) in [5.41, 5.74) is 1.91. The predicted octanol–water partition coefficient (Wildman–Crippen LogP) is 2.58. The summed E-state index contributed by atoms with van der Waals surface area (Å²) in [5.74, 6) is -0.430. The van der Waals surface area contributed by atoms with Gasteiger partial charge in [-0.05, 0) is 36.8 Å². The molecule has 0 radical (unpaired) electrons. The van der Waals surface area contributed by atoms with Crippen LogP contribution >= 0.6 is 0 Å². The van der Waals surface area contributed by atoms with E-state index in [9.17, 15) is 9.18 Å². The molecule has 1 N–H and O–H groups in total. The Kier molecular flexibility index (Phi) is 3.66. The molecule has 1 aromatic carbocycles. The Morgan fingerprint density at radius 1 is 1.41 bits per heavy atom. The van der Waals surface area contributed by atoms with Crippen molar-refractivity contribution in [2.45, 2.75) is 13.5 Å². The second-order valence-corrected chi connectivity index (χ2v) is 5.36. The molecular weight excluding hydrogens is 283 g/mol. The Bertz CT molecular complexity index is 807. The highest BCUT2D eigenvalue weighted by Crippen LogP contribution is 2.21. The fraction of sp³-hybridized carbons (Fsp3) is 0.250. The summed E-state index contributed by atoms with van der Waals surface area (Å²) in [6.07, 6.45) is 3.56. The SMILES string of the molecule is Cc1cc(F)cc2[nH]c(C(=O)N(C)CCn3cccn3)cc12. The van der Waals surface area contributed by atoms with E-state index in [0.29, 0.717) is 24.3 Å². The average Bonchev–Trinajstić information content (AvgIpc) is 3.12. The molecule has 0 aliphatic carbocycles. The van der Waals surface area contributed by atoms with Gasteiger partial charge in [0.1, 0.15) is 11.5 Å². The number of nitrogens with one attached hydrogen (secondary N) is 1. The van der Waals surface area contributed by atoms with Gasteiger partial charge in [-0.3, -0.25) is 9.48 Å². The molecule has 6 heteroatoms. The number of aromatic nitrogens is 3. The van der Waals surface area contributed by atoms with Crippen molar-refractivity contribution in [3.05, 3.63) is 53.7 Å². The van der Waals surface area contributed by atoms with E-state index < -0.39 is 0 Å². The van der Waals surface area contributed by atoms with Crippen LogP contribution in [0.25, 0.3) is 10.9 Å². The number of nitrogens with zero attached hydrogens (tertiary/aromatic N) is 3. The second kappa shape index (κ2) is 5.63. The standard InChI is InChI=1S/C16H17FN4O/c1-11-8-12(17)9-14-13(11)10-15(19-14)16(22)20(2)6-7-21-5-3-4-18-21/h3-5,8-10,19H,6-7H2,1-2H3. The molecule has 0 saturated heterocycles. The minimum Gasteiger partial charge on any atom is -0.350 e. The number of carbonyl (C=O) groups is 1. The Morgan fingerprint density at radius 2 is 2.23 bits per heavy atom. The molecule has 0 atom stereocenters. The molecule has 0 saturated carbocycles. The number of fused-ring (bicyclic) bond motifs is 1. The molecule has 5 nitrogen and oxygen atoms in total. The van der Waals surface area contributed by atoms with E-state index in [1.165, 1.54) is 12.1 Å². The van der Waals surface area contributed by atoms with Gasteiger partial charge >= 0.3 is 0 Å². The van der Waals surface area contributed by atoms with Crippen molar-refractivity contribution >= 4 is 16.8 Å². The number of likely N-dealkylation sites (N-methyl/N-ethyl adjacent to an activating group) is 1. The molecule has 0 aliphatic heterocycles. The van der Waals surface area contributed by atoms with E-state index >= 15 is 0 Å². The van der Waals surface area contributed by atoms with Gasteiger partial charge in [0.15, 0.2) is 0 Å². The Labute approximate surface area is 127 Å². The third-order valence-corrected chi connectivity index (χ3v) is 3.71. The number of hydrogen-bond donors (Lipinski definition) is 1. The first-order chi connectivity index (χ1) is 10.5. The van der Waals surface area contributed by atoms with E-state index in [4.69, 9.17) is 0 Å². The minimum absolute atomic E-state index is 0.122. The number of aryl methyl sites for hydroxylation is 1. The molecule has 2 heterocycles. The molecule has 0 spiro atoms. The quantitative estimate of drug-likeness (QED) is 0.805. The summed E-state index contributed by atoms with van der Waals surface area (Å²) in [6, 6.07) is 6.49. The van der Waals surface area contributed by atoms with Crippen LogP contribution in [0.5, 0.6) is 0 Å². The van der Waals surface area contributed by atoms with Crippen molar-refractivity contribution in [3.8, 4) is 0 Å². The highest BCUT2D eigenvalue weighted by molar-refractivity contribution is 5.98. The van der Waals surface area contributed by atoms with Crippen molar-refractivity contribution in [3.63, 3.8) is 0 Å². The van der Waals surface area contributed by atoms with Gasteiger partial charge in [-0.15, -0.1) is 0 Å². The lowest BCUT2D eigenvalue weighted by Gasteiger charge is -2.16. The first-order valence-electron chi connectivity index (χ1n) is 7.06. The molecule has 2 aromatic heterocycles. The molecule has 0 unspecified atom stereocenters. The second-order valence-electron chi connectivity index (χ2n) is 5.36. The van der Waals surface area contributed by atoms with Crippen LogP contribution in [0.3, 0.4) is 0 Å². The van der Waals surface area contributed by atoms with Gasteiger partial charge in [-0.25, -0.2) is 4.39 Å². The van der Waals surface area contributed by atoms with Crippen LogP contribution in [-0.4, -0.2) is 39.2 Å². The zero-order chi connectivity index (χ0) is 15.7. The monoisotopic (exact) mass is 300 g/mol. The number of amides is 1. The Hall–Kier alpha value is -2.63. The first-order valence-corrected chi connectivity index (χ1v) is 7.06. The van der Waals surface area contributed by atoms with Gasteiger partial charge in [-0.2, -0.15) is 5.10 Å². The van der Waals surface area contributed by atoms with Crippen molar-refractivity contribution in [2.24, 2.45) is 0 Å². The molecule has 0 aliphatic rings. The third-order valence-electron chi connectivity index (χ3n) is 3.71. The van der Waals surface area contributed by atoms with Gasteiger partial charge in [0.05, 0.1) is 6.54 Å². The van der Waals surface area contributed by atoms with Crippen molar-refractivity contribution in [1.29, 1.82) is 0 Å². The maximum Gasteiger partial charge on any atom is 0.270 e. The Balaban J connectivity index is 1.78. The number of H-pyrrole nitrogens is 1. The van der Waals surface area contributed by atoms with Gasteiger partial charge in [-0.1, -0.05) is 0 Å². The van der Waals surface area contributed by atoms with Crippen molar-refractivity contribution in [1.82, 2.24) is 19.7 Å². The van der Waals surface area contributed by atoms with Crippen LogP contribution in [-0.2, 0) is 6.54 Å². The van der Waals surface area contributed by atoms with Crippen LogP contribution in [0.1, 0.15) is 16.1 Å². The van der Waals surface area contributed by atoms with E-state index in [-0.39, 0.29) is 11.7 Å². The molecule has 0 fully saturated rings. The Morgan fingerprint density at radius 3 is 2.95 bits per heavy atom. The first kappa shape index (κ1) is 14.3. The number of rotatable bonds is 4. The van der Waals surface area contributed by atoms with Crippen LogP contribution in [0.15, 0.2) is 36.7 Å². The molecule has 114 valence electrons. The van der Waals surface area contributed by atoms with Crippen LogP contribution in [0.4, 0.5) is 4.39 Å². The topological polar surface area (TPSA) is 53.9 Å². The predicted molar refractivity (Wildman–Crippen MR) is 82.2 cm³/mol. The van der Waals surface area contributed by atoms with Crippen LogP contribution < -0.4 is 0 Å². The molecule has 0 bridgehead atoms. The molecule has 1 amide bonds. The molecular formula is C16H17FN4O. The summed E-state index contributed by atoms with van der Waals surface area (Å²) in [7, 11) is 1.74. The van der Waals surface area contributed by atoms with Gasteiger partial charge in [0, 0.05) is 36.9 Å². The minimum atomic E-state index is -0.308. The number of benzene rings is 1. The fourth-order valence-electron chi connectivity index (χ4n) is 2.48. The number of aromatic amines is 1. The largest absolute Gasteiger partial charge is 0.350 e. The van der Waals surface area contributed by atoms with Gasteiger partial charge in [0.25, 0.3) is 5.91 Å². The highest BCUT2D eigenvalue weighted by atomic mass is 19.1. The molecule has 3 aromatic rings. The smallest absolute Gasteiger partial charge is 0.270 e. The van der Waals surface area contributed by atoms with Gasteiger partial charge in [0.2, 0.25) is 0 Å². The zero-order valence-corrected chi connectivity index (χ0v) is 12.5. The summed E-state index contributed by atoms with van der Waals surface area (Å²) in [6.45, 7) is 3.00. The molecule has 3 rings (SSSR count). The number of halogens is 1. The maximum atomic E-state index is 13.4. The normalized spacial score (nSPS) is 11.0. The fourth-order valence-corrected chi connectivity index (χ4v) is 2.48. The molecule has 22 heavy (non-hydrogen) atoms.